The molecule has 3 aromatic rings. The van der Waals surface area contributed by atoms with Crippen molar-refractivity contribution >= 4 is 17.5 Å². The van der Waals surface area contributed by atoms with Crippen LogP contribution in [0, 0.1) is 0 Å². The minimum atomic E-state index is -4.46. The molecule has 5 nitrogen and oxygen atoms in total. The van der Waals surface area contributed by atoms with Gasteiger partial charge in [0.25, 0.3) is 5.91 Å². The number of rotatable bonds is 4. The fraction of sp³-hybridized carbons (Fsp3) is 0.200. The summed E-state index contributed by atoms with van der Waals surface area (Å²) in [5, 5.41) is 2.72. The van der Waals surface area contributed by atoms with E-state index in [1.54, 1.807) is 62.7 Å². The molecule has 1 aliphatic heterocycles. The number of amides is 2. The number of anilines is 1. The summed E-state index contributed by atoms with van der Waals surface area (Å²) in [6, 6.07) is 17.6. The van der Waals surface area contributed by atoms with Gasteiger partial charge >= 0.3 is 6.18 Å². The third kappa shape index (κ3) is 4.28. The van der Waals surface area contributed by atoms with Gasteiger partial charge in [-0.3, -0.25) is 9.59 Å². The maximum Gasteiger partial charge on any atom is 0.416 e. The lowest BCUT2D eigenvalue weighted by Crippen LogP contribution is -2.44. The molecular weight excluding hydrogens is 433 g/mol. The molecule has 0 saturated heterocycles. The van der Waals surface area contributed by atoms with Crippen molar-refractivity contribution in [3.05, 3.63) is 95.1 Å². The van der Waals surface area contributed by atoms with E-state index in [0.717, 1.165) is 17.7 Å². The fourth-order valence-corrected chi connectivity index (χ4v) is 4.14. The molecule has 0 radical (unpaired) electrons. The van der Waals surface area contributed by atoms with E-state index in [9.17, 15) is 22.8 Å². The van der Waals surface area contributed by atoms with E-state index in [0.29, 0.717) is 16.9 Å². The number of likely N-dealkylation sites (N-methyl/N-ethyl adjacent to an activating group) is 1. The third-order valence-electron chi connectivity index (χ3n) is 5.80. The monoisotopic (exact) mass is 454 g/mol. The zero-order valence-corrected chi connectivity index (χ0v) is 17.9. The Bertz CT molecular complexity index is 1170. The van der Waals surface area contributed by atoms with E-state index in [4.69, 9.17) is 4.74 Å². The Balaban J connectivity index is 1.73. The van der Waals surface area contributed by atoms with Crippen molar-refractivity contribution in [1.82, 2.24) is 4.90 Å². The summed E-state index contributed by atoms with van der Waals surface area (Å²) in [4.78, 5) is 28.0. The average molecular weight is 454 g/mol. The minimum Gasteiger partial charge on any atom is -0.497 e. The Labute approximate surface area is 188 Å². The number of alkyl halides is 3. The van der Waals surface area contributed by atoms with Crippen LogP contribution in [0.5, 0.6) is 5.75 Å². The number of nitrogens with zero attached hydrogens (tertiary/aromatic N) is 1. The van der Waals surface area contributed by atoms with Gasteiger partial charge in [0.2, 0.25) is 5.91 Å². The molecular formula is C25H21F3N2O3. The van der Waals surface area contributed by atoms with E-state index < -0.39 is 29.6 Å². The minimum absolute atomic E-state index is 0.218. The van der Waals surface area contributed by atoms with Gasteiger partial charge in [-0.25, -0.2) is 0 Å². The smallest absolute Gasteiger partial charge is 0.416 e. The molecule has 2 amide bonds. The van der Waals surface area contributed by atoms with Crippen LogP contribution in [0.15, 0.2) is 72.8 Å². The van der Waals surface area contributed by atoms with Crippen LogP contribution in [0.3, 0.4) is 0 Å². The second kappa shape index (κ2) is 8.61. The molecule has 1 heterocycles. The summed E-state index contributed by atoms with van der Waals surface area (Å²) in [6.07, 6.45) is -4.46. The fourth-order valence-electron chi connectivity index (χ4n) is 4.14. The average Bonchev–Trinajstić information content (AvgIpc) is 2.81. The molecule has 33 heavy (non-hydrogen) atoms. The third-order valence-corrected chi connectivity index (χ3v) is 5.80. The zero-order chi connectivity index (χ0) is 23.8. The van der Waals surface area contributed by atoms with Gasteiger partial charge in [0.05, 0.1) is 24.6 Å². The first-order chi connectivity index (χ1) is 15.7. The van der Waals surface area contributed by atoms with Gasteiger partial charge in [-0.2, -0.15) is 13.2 Å². The first-order valence-corrected chi connectivity index (χ1v) is 10.2. The Hall–Kier alpha value is -3.81. The highest BCUT2D eigenvalue weighted by molar-refractivity contribution is 6.04. The number of halogens is 3. The summed E-state index contributed by atoms with van der Waals surface area (Å²) < 4.78 is 43.8. The molecule has 0 saturated carbocycles. The van der Waals surface area contributed by atoms with E-state index in [2.05, 4.69) is 5.32 Å². The number of nitrogens with one attached hydrogen (secondary N) is 1. The maximum absolute atomic E-state index is 13.5. The van der Waals surface area contributed by atoms with Crippen molar-refractivity contribution in [3.8, 4) is 5.75 Å². The standard InChI is InChI=1S/C25H21F3N2O3/c1-30-22(15-7-13-18(33-2)14-8-15)21(19-5-3-4-6-20(19)24(30)32)23(31)29-17-11-9-16(10-12-17)25(26,27)28/h3-14,21-22H,1-2H3,(H,29,31)/t21-,22-/m1/s1. The van der Waals surface area contributed by atoms with Gasteiger partial charge < -0.3 is 15.0 Å². The van der Waals surface area contributed by atoms with Crippen molar-refractivity contribution in [1.29, 1.82) is 0 Å². The molecule has 0 spiro atoms. The maximum atomic E-state index is 13.5. The van der Waals surface area contributed by atoms with Gasteiger partial charge in [-0.15, -0.1) is 0 Å². The number of carbonyl (C=O) groups excluding carboxylic acids is 2. The molecule has 1 aliphatic rings. The number of methoxy groups -OCH3 is 1. The highest BCUT2D eigenvalue weighted by Gasteiger charge is 2.42. The number of carbonyl (C=O) groups is 2. The molecule has 0 aliphatic carbocycles. The number of hydrogen-bond donors (Lipinski definition) is 1. The van der Waals surface area contributed by atoms with Crippen molar-refractivity contribution < 1.29 is 27.5 Å². The van der Waals surface area contributed by atoms with Crippen LogP contribution >= 0.6 is 0 Å². The molecule has 4 rings (SSSR count). The molecule has 3 aromatic carbocycles. The Kier molecular flexibility index (Phi) is 5.84. The van der Waals surface area contributed by atoms with E-state index in [1.807, 2.05) is 0 Å². The normalized spacial score (nSPS) is 18.0. The van der Waals surface area contributed by atoms with Crippen LogP contribution < -0.4 is 10.1 Å². The number of benzene rings is 3. The van der Waals surface area contributed by atoms with Crippen LogP contribution in [-0.4, -0.2) is 30.9 Å². The molecule has 8 heteroatoms. The Morgan fingerprint density at radius 3 is 2.21 bits per heavy atom. The molecule has 1 N–H and O–H groups in total. The molecule has 0 bridgehead atoms. The molecule has 170 valence electrons. The zero-order valence-electron chi connectivity index (χ0n) is 17.9. The topological polar surface area (TPSA) is 58.6 Å². The lowest BCUT2D eigenvalue weighted by molar-refractivity contribution is -0.137. The second-order valence-electron chi connectivity index (χ2n) is 7.76. The predicted octanol–water partition coefficient (Wildman–Crippen LogP) is 5.26. The lowest BCUT2D eigenvalue weighted by Gasteiger charge is -2.39. The summed E-state index contributed by atoms with van der Waals surface area (Å²) >= 11 is 0. The summed E-state index contributed by atoms with van der Waals surface area (Å²) in [5.74, 6) is -0.790. The number of hydrogen-bond acceptors (Lipinski definition) is 3. The van der Waals surface area contributed by atoms with E-state index in [-0.39, 0.29) is 11.6 Å². The van der Waals surface area contributed by atoms with Gasteiger partial charge in [-0.05, 0) is 53.6 Å². The van der Waals surface area contributed by atoms with Gasteiger partial charge in [-0.1, -0.05) is 30.3 Å². The van der Waals surface area contributed by atoms with Gasteiger partial charge in [0, 0.05) is 18.3 Å². The first-order valence-electron chi connectivity index (χ1n) is 10.2. The van der Waals surface area contributed by atoms with Crippen molar-refractivity contribution in [2.45, 2.75) is 18.1 Å². The first kappa shape index (κ1) is 22.4. The van der Waals surface area contributed by atoms with Gasteiger partial charge in [0.15, 0.2) is 0 Å². The highest BCUT2D eigenvalue weighted by Crippen LogP contribution is 2.43. The van der Waals surface area contributed by atoms with Crippen molar-refractivity contribution in [2.24, 2.45) is 0 Å². The second-order valence-corrected chi connectivity index (χ2v) is 7.76. The van der Waals surface area contributed by atoms with E-state index >= 15 is 0 Å². The largest absolute Gasteiger partial charge is 0.497 e. The van der Waals surface area contributed by atoms with Crippen LogP contribution in [0.4, 0.5) is 18.9 Å². The van der Waals surface area contributed by atoms with Crippen LogP contribution in [0.2, 0.25) is 0 Å². The number of fused-ring (bicyclic) bond motifs is 1. The lowest BCUT2D eigenvalue weighted by atomic mass is 9.79. The Morgan fingerprint density at radius 2 is 1.61 bits per heavy atom. The summed E-state index contributed by atoms with van der Waals surface area (Å²) in [6.45, 7) is 0. The van der Waals surface area contributed by atoms with Crippen LogP contribution in [-0.2, 0) is 11.0 Å². The quantitative estimate of drug-likeness (QED) is 0.585. The molecule has 2 atom stereocenters. The SMILES string of the molecule is COc1ccc([C@@H]2[C@H](C(=O)Nc3ccc(C(F)(F)F)cc3)c3ccccc3C(=O)N2C)cc1. The van der Waals surface area contributed by atoms with Crippen LogP contribution in [0.1, 0.15) is 39.0 Å². The van der Waals surface area contributed by atoms with Crippen molar-refractivity contribution in [3.63, 3.8) is 0 Å². The van der Waals surface area contributed by atoms with Crippen molar-refractivity contribution in [2.75, 3.05) is 19.5 Å². The highest BCUT2D eigenvalue weighted by atomic mass is 19.4. The van der Waals surface area contributed by atoms with E-state index in [1.165, 1.54) is 17.0 Å². The summed E-state index contributed by atoms with van der Waals surface area (Å²) in [7, 11) is 3.17. The number of ether oxygens (including phenoxy) is 1. The Morgan fingerprint density at radius 1 is 0.970 bits per heavy atom. The summed E-state index contributed by atoms with van der Waals surface area (Å²) in [5.41, 5.74) is 1.14. The molecule has 0 fully saturated rings. The predicted molar refractivity (Wildman–Crippen MR) is 117 cm³/mol. The molecule has 0 aromatic heterocycles. The van der Waals surface area contributed by atoms with Gasteiger partial charge in [0.1, 0.15) is 5.75 Å². The molecule has 0 unspecified atom stereocenters. The van der Waals surface area contributed by atoms with Crippen LogP contribution in [0.25, 0.3) is 0 Å².